The number of hydrogen-bond acceptors (Lipinski definition) is 4. The normalized spacial score (nSPS) is 14.9. The van der Waals surface area contributed by atoms with Gasteiger partial charge < -0.3 is 20.3 Å². The van der Waals surface area contributed by atoms with Crippen LogP contribution in [-0.4, -0.2) is 37.4 Å². The van der Waals surface area contributed by atoms with Crippen LogP contribution in [0.3, 0.4) is 0 Å². The van der Waals surface area contributed by atoms with Crippen LogP contribution in [0.25, 0.3) is 11.0 Å². The largest absolute Gasteiger partial charge is 0.479 e. The van der Waals surface area contributed by atoms with Crippen molar-refractivity contribution in [2.45, 2.75) is 12.2 Å². The average Bonchev–Trinajstić information content (AvgIpc) is 2.74. The van der Waals surface area contributed by atoms with E-state index in [-0.39, 0.29) is 0 Å². The first-order valence-corrected chi connectivity index (χ1v) is 4.62. The fourth-order valence-corrected chi connectivity index (χ4v) is 1.55. The molecule has 2 atom stereocenters. The van der Waals surface area contributed by atoms with Crippen LogP contribution in [0.1, 0.15) is 11.7 Å². The number of carboxylic acid groups (broad SMARTS) is 1. The molecule has 0 saturated heterocycles. The first-order valence-electron chi connectivity index (χ1n) is 4.62. The number of aliphatic carboxylic acids is 1. The third-order valence-electron chi connectivity index (χ3n) is 2.36. The second kappa shape index (κ2) is 3.92. The van der Waals surface area contributed by atoms with Gasteiger partial charge in [0, 0.05) is 17.8 Å². The minimum absolute atomic E-state index is 0.334. The number of hydrogen-bond donors (Lipinski definition) is 4. The number of carboxylic acids is 1. The maximum atomic E-state index is 10.6. The Morgan fingerprint density at radius 2 is 2.12 bits per heavy atom. The van der Waals surface area contributed by atoms with E-state index in [1.54, 1.807) is 12.3 Å². The minimum atomic E-state index is -1.85. The lowest BCUT2D eigenvalue weighted by atomic mass is 10.0. The molecule has 0 aliphatic heterocycles. The van der Waals surface area contributed by atoms with Crippen molar-refractivity contribution in [3.63, 3.8) is 0 Å². The van der Waals surface area contributed by atoms with Crippen LogP contribution >= 0.6 is 0 Å². The lowest BCUT2D eigenvalue weighted by Crippen LogP contribution is -2.27. The summed E-state index contributed by atoms with van der Waals surface area (Å²) < 4.78 is 0. The number of rotatable bonds is 3. The van der Waals surface area contributed by atoms with E-state index >= 15 is 0 Å². The summed E-state index contributed by atoms with van der Waals surface area (Å²) >= 11 is 0. The number of carbonyl (C=O) groups is 1. The fraction of sp³-hybridized carbons (Fsp3) is 0.200. The molecule has 0 aliphatic rings. The number of aliphatic hydroxyl groups is 2. The summed E-state index contributed by atoms with van der Waals surface area (Å²) in [6.07, 6.45) is -0.258. The van der Waals surface area contributed by atoms with Crippen LogP contribution < -0.4 is 0 Å². The SMILES string of the molecule is O=C(O)C(O)C(O)c1ccnc2[nH]ccc12. The number of aromatic nitrogens is 2. The minimum Gasteiger partial charge on any atom is -0.479 e. The van der Waals surface area contributed by atoms with Gasteiger partial charge in [-0.05, 0) is 17.7 Å². The lowest BCUT2D eigenvalue weighted by molar-refractivity contribution is -0.153. The number of fused-ring (bicyclic) bond motifs is 1. The molecule has 2 heterocycles. The lowest BCUT2D eigenvalue weighted by Gasteiger charge is -2.14. The maximum Gasteiger partial charge on any atom is 0.335 e. The third-order valence-corrected chi connectivity index (χ3v) is 2.36. The topological polar surface area (TPSA) is 106 Å². The Balaban J connectivity index is 2.46. The quantitative estimate of drug-likeness (QED) is 0.586. The Hall–Kier alpha value is -1.92. The fourth-order valence-electron chi connectivity index (χ4n) is 1.55. The van der Waals surface area contributed by atoms with Crippen molar-refractivity contribution in [2.24, 2.45) is 0 Å². The Labute approximate surface area is 90.2 Å². The monoisotopic (exact) mass is 222 g/mol. The van der Waals surface area contributed by atoms with Crippen molar-refractivity contribution in [2.75, 3.05) is 0 Å². The molecule has 0 radical (unpaired) electrons. The Morgan fingerprint density at radius 3 is 2.81 bits per heavy atom. The van der Waals surface area contributed by atoms with E-state index in [1.807, 2.05) is 0 Å². The van der Waals surface area contributed by atoms with Gasteiger partial charge in [-0.15, -0.1) is 0 Å². The second-order valence-electron chi connectivity index (χ2n) is 3.37. The number of pyridine rings is 1. The van der Waals surface area contributed by atoms with Gasteiger partial charge in [0.1, 0.15) is 11.8 Å². The van der Waals surface area contributed by atoms with Gasteiger partial charge in [0.15, 0.2) is 6.10 Å². The first kappa shape index (κ1) is 10.6. The van der Waals surface area contributed by atoms with E-state index in [4.69, 9.17) is 5.11 Å². The Bertz CT molecular complexity index is 522. The van der Waals surface area contributed by atoms with Crippen LogP contribution in [-0.2, 0) is 4.79 Å². The number of aromatic amines is 1. The molecule has 2 rings (SSSR count). The molecule has 2 unspecified atom stereocenters. The smallest absolute Gasteiger partial charge is 0.335 e. The van der Waals surface area contributed by atoms with Crippen molar-refractivity contribution in [1.82, 2.24) is 9.97 Å². The molecule has 0 aliphatic carbocycles. The molecule has 0 bridgehead atoms. The number of aliphatic hydroxyl groups excluding tert-OH is 2. The molecule has 84 valence electrons. The molecule has 0 amide bonds. The standard InChI is InChI=1S/C10H10N2O4/c13-7(8(14)10(15)16)5-1-3-11-9-6(5)2-4-12-9/h1-4,7-8,13-14H,(H,11,12)(H,15,16). The number of H-pyrrole nitrogens is 1. The highest BCUT2D eigenvalue weighted by atomic mass is 16.4. The van der Waals surface area contributed by atoms with Crippen LogP contribution in [0.15, 0.2) is 24.5 Å². The highest BCUT2D eigenvalue weighted by Gasteiger charge is 2.26. The zero-order chi connectivity index (χ0) is 11.7. The highest BCUT2D eigenvalue weighted by Crippen LogP contribution is 2.24. The molecule has 16 heavy (non-hydrogen) atoms. The Morgan fingerprint density at radius 1 is 1.38 bits per heavy atom. The van der Waals surface area contributed by atoms with Crippen LogP contribution in [0.2, 0.25) is 0 Å². The molecule has 0 spiro atoms. The number of nitrogens with zero attached hydrogens (tertiary/aromatic N) is 1. The van der Waals surface area contributed by atoms with Crippen molar-refractivity contribution < 1.29 is 20.1 Å². The van der Waals surface area contributed by atoms with E-state index in [2.05, 4.69) is 9.97 Å². The van der Waals surface area contributed by atoms with Gasteiger partial charge in [0.05, 0.1) is 0 Å². The predicted molar refractivity (Wildman–Crippen MR) is 54.7 cm³/mol. The van der Waals surface area contributed by atoms with E-state index in [0.717, 1.165) is 0 Å². The first-order chi connectivity index (χ1) is 7.61. The van der Waals surface area contributed by atoms with Crippen LogP contribution in [0, 0.1) is 0 Å². The van der Waals surface area contributed by atoms with Crippen molar-refractivity contribution >= 4 is 17.0 Å². The van der Waals surface area contributed by atoms with Crippen molar-refractivity contribution in [3.8, 4) is 0 Å². The van der Waals surface area contributed by atoms with Gasteiger partial charge in [0.2, 0.25) is 0 Å². The highest BCUT2D eigenvalue weighted by molar-refractivity contribution is 5.81. The van der Waals surface area contributed by atoms with Crippen LogP contribution in [0.4, 0.5) is 0 Å². The molecule has 0 fully saturated rings. The summed E-state index contributed by atoms with van der Waals surface area (Å²) in [6, 6.07) is 3.14. The summed E-state index contributed by atoms with van der Waals surface area (Å²) in [6.45, 7) is 0. The maximum absolute atomic E-state index is 10.6. The molecule has 6 nitrogen and oxygen atoms in total. The molecular formula is C10H10N2O4. The molecule has 0 saturated carbocycles. The molecular weight excluding hydrogens is 212 g/mol. The summed E-state index contributed by atoms with van der Waals surface area (Å²) in [5, 5.41) is 28.2. The van der Waals surface area contributed by atoms with Gasteiger partial charge in [-0.3, -0.25) is 0 Å². The van der Waals surface area contributed by atoms with Gasteiger partial charge in [-0.1, -0.05) is 0 Å². The number of nitrogens with one attached hydrogen (secondary N) is 1. The summed E-state index contributed by atoms with van der Waals surface area (Å²) in [7, 11) is 0. The van der Waals surface area contributed by atoms with E-state index in [9.17, 15) is 15.0 Å². The second-order valence-corrected chi connectivity index (χ2v) is 3.37. The summed E-state index contributed by atoms with van der Waals surface area (Å²) in [4.78, 5) is 17.4. The molecule has 6 heteroatoms. The summed E-state index contributed by atoms with van der Waals surface area (Å²) in [5.41, 5.74) is 0.871. The average molecular weight is 222 g/mol. The van der Waals surface area contributed by atoms with E-state index < -0.39 is 18.2 Å². The Kier molecular flexibility index (Phi) is 2.59. The predicted octanol–water partition coefficient (Wildman–Crippen LogP) is 0.0418. The molecule has 4 N–H and O–H groups in total. The summed E-state index contributed by atoms with van der Waals surface area (Å²) in [5.74, 6) is -1.46. The van der Waals surface area contributed by atoms with Crippen molar-refractivity contribution in [3.05, 3.63) is 30.1 Å². The van der Waals surface area contributed by atoms with Gasteiger partial charge in [0.25, 0.3) is 0 Å². The van der Waals surface area contributed by atoms with Gasteiger partial charge in [-0.25, -0.2) is 9.78 Å². The van der Waals surface area contributed by atoms with E-state index in [0.29, 0.717) is 16.6 Å². The zero-order valence-corrected chi connectivity index (χ0v) is 8.16. The molecule has 2 aromatic heterocycles. The van der Waals surface area contributed by atoms with Crippen LogP contribution in [0.5, 0.6) is 0 Å². The van der Waals surface area contributed by atoms with Gasteiger partial charge >= 0.3 is 5.97 Å². The zero-order valence-electron chi connectivity index (χ0n) is 8.16. The van der Waals surface area contributed by atoms with E-state index in [1.165, 1.54) is 12.3 Å². The van der Waals surface area contributed by atoms with Gasteiger partial charge in [-0.2, -0.15) is 0 Å². The van der Waals surface area contributed by atoms with Crippen molar-refractivity contribution in [1.29, 1.82) is 0 Å². The third kappa shape index (κ3) is 1.64. The molecule has 2 aromatic rings. The molecule has 0 aromatic carbocycles.